The summed E-state index contributed by atoms with van der Waals surface area (Å²) in [4.78, 5) is 11.5. The van der Waals surface area contributed by atoms with E-state index < -0.39 is 23.9 Å². The molecule has 0 saturated carbocycles. The van der Waals surface area contributed by atoms with Crippen LogP contribution in [0.1, 0.15) is 38.0 Å². The number of benzene rings is 1. The SMILES string of the molecule is Cc1c(Br)cccc1C(O)C(O)CNC(=O)OC(C)(C)C. The summed E-state index contributed by atoms with van der Waals surface area (Å²) in [6.07, 6.45) is -2.83. The minimum absolute atomic E-state index is 0.0952. The van der Waals surface area contributed by atoms with Gasteiger partial charge in [0.1, 0.15) is 17.8 Å². The number of hydrogen-bond acceptors (Lipinski definition) is 4. The quantitative estimate of drug-likeness (QED) is 0.772. The fourth-order valence-corrected chi connectivity index (χ4v) is 2.15. The molecule has 5 nitrogen and oxygen atoms in total. The van der Waals surface area contributed by atoms with Crippen molar-refractivity contribution in [3.8, 4) is 0 Å². The zero-order valence-electron chi connectivity index (χ0n) is 12.7. The fraction of sp³-hybridized carbons (Fsp3) is 0.533. The maximum Gasteiger partial charge on any atom is 0.407 e. The number of nitrogens with one attached hydrogen (secondary N) is 1. The van der Waals surface area contributed by atoms with E-state index in [2.05, 4.69) is 21.2 Å². The van der Waals surface area contributed by atoms with Gasteiger partial charge in [-0.25, -0.2) is 4.79 Å². The van der Waals surface area contributed by atoms with Gasteiger partial charge in [0.2, 0.25) is 0 Å². The minimum atomic E-state index is -1.12. The Morgan fingerprint density at radius 2 is 2.00 bits per heavy atom. The van der Waals surface area contributed by atoms with Crippen molar-refractivity contribution >= 4 is 22.0 Å². The number of amides is 1. The zero-order chi connectivity index (χ0) is 16.2. The predicted octanol–water partition coefficient (Wildman–Crippen LogP) is 2.68. The fourth-order valence-electron chi connectivity index (χ4n) is 1.77. The van der Waals surface area contributed by atoms with Crippen LogP contribution in [0, 0.1) is 6.92 Å². The lowest BCUT2D eigenvalue weighted by molar-refractivity contribution is 0.0126. The molecule has 1 aromatic rings. The number of rotatable bonds is 4. The number of hydrogen-bond donors (Lipinski definition) is 3. The summed E-state index contributed by atoms with van der Waals surface area (Å²) in [6.45, 7) is 7.01. The average Bonchev–Trinajstić information content (AvgIpc) is 2.36. The van der Waals surface area contributed by atoms with E-state index in [9.17, 15) is 15.0 Å². The van der Waals surface area contributed by atoms with Crippen LogP contribution in [0.5, 0.6) is 0 Å². The Bertz CT molecular complexity index is 499. The van der Waals surface area contributed by atoms with Crippen molar-refractivity contribution in [3.05, 3.63) is 33.8 Å². The lowest BCUT2D eigenvalue weighted by Crippen LogP contribution is -2.39. The molecule has 0 saturated heterocycles. The number of aliphatic hydroxyl groups excluding tert-OH is 2. The van der Waals surface area contributed by atoms with E-state index in [1.807, 2.05) is 13.0 Å². The van der Waals surface area contributed by atoms with Gasteiger partial charge in [-0.15, -0.1) is 0 Å². The Balaban J connectivity index is 2.61. The van der Waals surface area contributed by atoms with Crippen molar-refractivity contribution in [2.75, 3.05) is 6.54 Å². The minimum Gasteiger partial charge on any atom is -0.444 e. The second kappa shape index (κ2) is 7.24. The molecule has 0 fully saturated rings. The number of halogens is 1. The van der Waals surface area contributed by atoms with Gasteiger partial charge >= 0.3 is 6.09 Å². The van der Waals surface area contributed by atoms with Gasteiger partial charge in [-0.3, -0.25) is 0 Å². The number of carbonyl (C=O) groups is 1. The summed E-state index contributed by atoms with van der Waals surface area (Å²) in [5, 5.41) is 22.6. The maximum absolute atomic E-state index is 11.5. The van der Waals surface area contributed by atoms with Crippen LogP contribution in [0.15, 0.2) is 22.7 Å². The number of carbonyl (C=O) groups excluding carboxylic acids is 1. The van der Waals surface area contributed by atoms with E-state index in [-0.39, 0.29) is 6.54 Å². The first-order chi connectivity index (χ1) is 9.61. The molecule has 0 radical (unpaired) electrons. The molecule has 1 amide bonds. The first-order valence-electron chi connectivity index (χ1n) is 6.70. The Kier molecular flexibility index (Phi) is 6.19. The van der Waals surface area contributed by atoms with Crippen LogP contribution in [0.25, 0.3) is 0 Å². The molecule has 0 aromatic heterocycles. The Hall–Kier alpha value is -1.11. The molecule has 0 aliphatic heterocycles. The highest BCUT2D eigenvalue weighted by Gasteiger charge is 2.23. The monoisotopic (exact) mass is 359 g/mol. The van der Waals surface area contributed by atoms with Gasteiger partial charge in [0.25, 0.3) is 0 Å². The van der Waals surface area contributed by atoms with Crippen LogP contribution in [-0.4, -0.2) is 34.6 Å². The van der Waals surface area contributed by atoms with E-state index in [0.29, 0.717) is 5.56 Å². The van der Waals surface area contributed by atoms with E-state index >= 15 is 0 Å². The summed E-state index contributed by atoms with van der Waals surface area (Å²) in [6, 6.07) is 5.38. The van der Waals surface area contributed by atoms with Gasteiger partial charge in [0.05, 0.1) is 0 Å². The van der Waals surface area contributed by atoms with Crippen molar-refractivity contribution in [3.63, 3.8) is 0 Å². The molecule has 0 bridgehead atoms. The van der Waals surface area contributed by atoms with E-state index in [0.717, 1.165) is 10.0 Å². The molecule has 0 aliphatic carbocycles. The molecule has 0 spiro atoms. The van der Waals surface area contributed by atoms with Crippen molar-refractivity contribution in [1.29, 1.82) is 0 Å². The molecule has 1 aromatic carbocycles. The lowest BCUT2D eigenvalue weighted by Gasteiger charge is -2.23. The molecule has 2 atom stereocenters. The predicted molar refractivity (Wildman–Crippen MR) is 84.1 cm³/mol. The molecule has 3 N–H and O–H groups in total. The molecular formula is C15H22BrNO4. The number of aliphatic hydroxyl groups is 2. The smallest absolute Gasteiger partial charge is 0.407 e. The number of alkyl carbamates (subject to hydrolysis) is 1. The lowest BCUT2D eigenvalue weighted by atomic mass is 9.99. The van der Waals surface area contributed by atoms with E-state index in [1.165, 1.54) is 0 Å². The van der Waals surface area contributed by atoms with Gasteiger partial charge in [0.15, 0.2) is 0 Å². The number of ether oxygens (including phenoxy) is 1. The van der Waals surface area contributed by atoms with Crippen LogP contribution < -0.4 is 5.32 Å². The van der Waals surface area contributed by atoms with Gasteiger partial charge in [-0.2, -0.15) is 0 Å². The molecule has 118 valence electrons. The Morgan fingerprint density at radius 3 is 2.57 bits per heavy atom. The Morgan fingerprint density at radius 1 is 1.38 bits per heavy atom. The molecule has 0 aliphatic rings. The van der Waals surface area contributed by atoms with Gasteiger partial charge in [-0.1, -0.05) is 28.1 Å². The van der Waals surface area contributed by atoms with Crippen molar-refractivity contribution < 1.29 is 19.7 Å². The molecule has 1 rings (SSSR count). The summed E-state index contributed by atoms with van der Waals surface area (Å²) in [5.74, 6) is 0. The highest BCUT2D eigenvalue weighted by Crippen LogP contribution is 2.26. The zero-order valence-corrected chi connectivity index (χ0v) is 14.3. The summed E-state index contributed by atoms with van der Waals surface area (Å²) >= 11 is 3.38. The molecule has 6 heteroatoms. The largest absolute Gasteiger partial charge is 0.444 e. The van der Waals surface area contributed by atoms with Crippen LogP contribution in [0.3, 0.4) is 0 Å². The molecular weight excluding hydrogens is 338 g/mol. The third kappa shape index (κ3) is 5.65. The Labute approximate surface area is 133 Å². The first kappa shape index (κ1) is 17.9. The van der Waals surface area contributed by atoms with Crippen molar-refractivity contribution in [2.24, 2.45) is 0 Å². The first-order valence-corrected chi connectivity index (χ1v) is 7.49. The second-order valence-corrected chi connectivity index (χ2v) is 6.70. The maximum atomic E-state index is 11.5. The topological polar surface area (TPSA) is 78.8 Å². The van der Waals surface area contributed by atoms with Crippen molar-refractivity contribution in [2.45, 2.75) is 45.5 Å². The molecule has 0 heterocycles. The standard InChI is InChI=1S/C15H22BrNO4/c1-9-10(6-5-7-11(9)16)13(19)12(18)8-17-14(20)21-15(2,3)4/h5-7,12-13,18-19H,8H2,1-4H3,(H,17,20). The van der Waals surface area contributed by atoms with E-state index in [1.54, 1.807) is 32.9 Å². The van der Waals surface area contributed by atoms with Gasteiger partial charge in [0, 0.05) is 11.0 Å². The van der Waals surface area contributed by atoms with Crippen LogP contribution in [0.4, 0.5) is 4.79 Å². The van der Waals surface area contributed by atoms with Gasteiger partial charge < -0.3 is 20.3 Å². The second-order valence-electron chi connectivity index (χ2n) is 5.85. The normalized spacial score (nSPS) is 14.4. The van der Waals surface area contributed by atoms with Crippen LogP contribution in [-0.2, 0) is 4.74 Å². The molecule has 2 unspecified atom stereocenters. The van der Waals surface area contributed by atoms with E-state index in [4.69, 9.17) is 4.74 Å². The van der Waals surface area contributed by atoms with Crippen LogP contribution >= 0.6 is 15.9 Å². The summed E-state index contributed by atoms with van der Waals surface area (Å²) in [5.41, 5.74) is 0.860. The summed E-state index contributed by atoms with van der Waals surface area (Å²) < 4.78 is 5.92. The summed E-state index contributed by atoms with van der Waals surface area (Å²) in [7, 11) is 0. The molecule has 21 heavy (non-hydrogen) atoms. The van der Waals surface area contributed by atoms with Gasteiger partial charge in [-0.05, 0) is 44.9 Å². The van der Waals surface area contributed by atoms with Crippen LogP contribution in [0.2, 0.25) is 0 Å². The highest BCUT2D eigenvalue weighted by molar-refractivity contribution is 9.10. The average molecular weight is 360 g/mol. The highest BCUT2D eigenvalue weighted by atomic mass is 79.9. The third-order valence-corrected chi connectivity index (χ3v) is 3.71. The van der Waals surface area contributed by atoms with Crippen molar-refractivity contribution in [1.82, 2.24) is 5.32 Å². The third-order valence-electron chi connectivity index (χ3n) is 2.85.